The minimum Gasteiger partial charge on any atom is -0.444 e. The van der Waals surface area contributed by atoms with Gasteiger partial charge < -0.3 is 25.4 Å². The number of nitrogens with one attached hydrogen (secondary N) is 3. The van der Waals surface area contributed by atoms with Gasteiger partial charge >= 0.3 is 6.09 Å². The van der Waals surface area contributed by atoms with Gasteiger partial charge in [0.1, 0.15) is 5.60 Å². The number of carbonyl (C=O) groups is 1. The first-order valence-electron chi connectivity index (χ1n) is 10.6. The van der Waals surface area contributed by atoms with Crippen LogP contribution in [0.2, 0.25) is 0 Å². The number of hydrogen-bond donors (Lipinski definition) is 3. The maximum atomic E-state index is 11.7. The highest BCUT2D eigenvalue weighted by atomic mass is 16.6. The van der Waals surface area contributed by atoms with Crippen molar-refractivity contribution in [3.63, 3.8) is 0 Å². The molecule has 0 spiro atoms. The monoisotopic (exact) mass is 419 g/mol. The third kappa shape index (κ3) is 8.59. The highest BCUT2D eigenvalue weighted by Gasteiger charge is 2.23. The fourth-order valence-electron chi connectivity index (χ4n) is 3.30. The average molecular weight is 420 g/mol. The molecule has 2 rings (SSSR count). The number of hydrogen-bond acceptors (Lipinski definition) is 5. The van der Waals surface area contributed by atoms with Crippen molar-refractivity contribution in [1.82, 2.24) is 20.9 Å². The molecule has 1 saturated heterocycles. The Balaban J connectivity index is 1.86. The quantitative estimate of drug-likeness (QED) is 0.356. The number of ether oxygens (including phenoxy) is 2. The number of amides is 1. The summed E-state index contributed by atoms with van der Waals surface area (Å²) < 4.78 is 10.8. The summed E-state index contributed by atoms with van der Waals surface area (Å²) in [6.45, 7) is 12.7. The summed E-state index contributed by atoms with van der Waals surface area (Å²) in [6.07, 6.45) is -0.418. The fraction of sp³-hybridized carbons (Fsp3) is 0.636. The van der Waals surface area contributed by atoms with Gasteiger partial charge in [0, 0.05) is 39.8 Å². The Morgan fingerprint density at radius 3 is 2.53 bits per heavy atom. The van der Waals surface area contributed by atoms with Crippen LogP contribution in [-0.2, 0) is 9.47 Å². The normalized spacial score (nSPS) is 16.6. The number of guanidine groups is 1. The predicted octanol–water partition coefficient (Wildman–Crippen LogP) is 2.06. The highest BCUT2D eigenvalue weighted by molar-refractivity contribution is 5.79. The van der Waals surface area contributed by atoms with E-state index in [-0.39, 0.29) is 6.04 Å². The third-order valence-electron chi connectivity index (χ3n) is 4.69. The first-order chi connectivity index (χ1) is 14.3. The van der Waals surface area contributed by atoms with E-state index in [0.717, 1.165) is 32.8 Å². The van der Waals surface area contributed by atoms with Gasteiger partial charge in [-0.25, -0.2) is 4.79 Å². The maximum absolute atomic E-state index is 11.7. The summed E-state index contributed by atoms with van der Waals surface area (Å²) in [5.41, 5.74) is 2.03. The van der Waals surface area contributed by atoms with Gasteiger partial charge in [0.05, 0.1) is 19.3 Å². The molecule has 0 aromatic heterocycles. The Bertz CT molecular complexity index is 696. The predicted molar refractivity (Wildman–Crippen MR) is 120 cm³/mol. The second kappa shape index (κ2) is 11.8. The summed E-state index contributed by atoms with van der Waals surface area (Å²) in [7, 11) is 1.74. The van der Waals surface area contributed by atoms with Crippen LogP contribution in [0.15, 0.2) is 29.3 Å². The molecule has 3 N–H and O–H groups in total. The van der Waals surface area contributed by atoms with E-state index in [1.807, 2.05) is 20.8 Å². The Morgan fingerprint density at radius 2 is 1.90 bits per heavy atom. The smallest absolute Gasteiger partial charge is 0.407 e. The lowest BCUT2D eigenvalue weighted by atomic mass is 10.0. The standard InChI is InChI=1S/C22H37N5O3/c1-17-7-6-8-18(15-17)19(27-11-13-29-14-12-27)16-26-20(23-5)24-9-10-25-21(28)30-22(2,3)4/h6-8,15,19H,9-14,16H2,1-5H3,(H,25,28)(H2,23,24,26). The van der Waals surface area contributed by atoms with E-state index in [0.29, 0.717) is 19.0 Å². The van der Waals surface area contributed by atoms with Gasteiger partial charge in [-0.15, -0.1) is 0 Å². The van der Waals surface area contributed by atoms with Crippen molar-refractivity contribution in [2.45, 2.75) is 39.3 Å². The van der Waals surface area contributed by atoms with Crippen molar-refractivity contribution in [1.29, 1.82) is 0 Å². The molecule has 0 saturated carbocycles. The largest absolute Gasteiger partial charge is 0.444 e. The number of morpholine rings is 1. The zero-order valence-electron chi connectivity index (χ0n) is 19.0. The number of alkyl carbamates (subject to hydrolysis) is 1. The van der Waals surface area contributed by atoms with Gasteiger partial charge in [-0.05, 0) is 33.3 Å². The molecule has 30 heavy (non-hydrogen) atoms. The summed E-state index contributed by atoms with van der Waals surface area (Å²) in [5, 5.41) is 9.40. The molecule has 1 aromatic rings. The number of rotatable bonds is 7. The van der Waals surface area contributed by atoms with E-state index < -0.39 is 11.7 Å². The van der Waals surface area contributed by atoms with Gasteiger partial charge in [-0.1, -0.05) is 29.8 Å². The van der Waals surface area contributed by atoms with Crippen LogP contribution >= 0.6 is 0 Å². The zero-order chi connectivity index (χ0) is 22.0. The summed E-state index contributed by atoms with van der Waals surface area (Å²) in [5.74, 6) is 0.701. The van der Waals surface area contributed by atoms with Crippen molar-refractivity contribution in [3.05, 3.63) is 35.4 Å². The Labute approximate surface area is 180 Å². The Kier molecular flexibility index (Phi) is 9.39. The topological polar surface area (TPSA) is 87.2 Å². The van der Waals surface area contributed by atoms with Crippen LogP contribution in [0.3, 0.4) is 0 Å². The van der Waals surface area contributed by atoms with Crippen LogP contribution in [0.4, 0.5) is 4.79 Å². The van der Waals surface area contributed by atoms with Crippen molar-refractivity contribution >= 4 is 12.1 Å². The highest BCUT2D eigenvalue weighted by Crippen LogP contribution is 2.22. The van der Waals surface area contributed by atoms with Crippen molar-refractivity contribution in [2.24, 2.45) is 4.99 Å². The third-order valence-corrected chi connectivity index (χ3v) is 4.69. The average Bonchev–Trinajstić information content (AvgIpc) is 2.69. The second-order valence-corrected chi connectivity index (χ2v) is 8.39. The van der Waals surface area contributed by atoms with Crippen LogP contribution in [0.5, 0.6) is 0 Å². The summed E-state index contributed by atoms with van der Waals surface area (Å²) in [6, 6.07) is 8.87. The van der Waals surface area contributed by atoms with E-state index in [2.05, 4.69) is 57.0 Å². The van der Waals surface area contributed by atoms with E-state index in [9.17, 15) is 4.79 Å². The van der Waals surface area contributed by atoms with Crippen LogP contribution in [0, 0.1) is 6.92 Å². The molecule has 0 radical (unpaired) electrons. The minimum atomic E-state index is -0.501. The lowest BCUT2D eigenvalue weighted by Gasteiger charge is -2.35. The van der Waals surface area contributed by atoms with E-state index in [4.69, 9.17) is 9.47 Å². The van der Waals surface area contributed by atoms with Crippen LogP contribution in [0.25, 0.3) is 0 Å². The van der Waals surface area contributed by atoms with E-state index in [1.165, 1.54) is 11.1 Å². The molecule has 8 heteroatoms. The number of nitrogens with zero attached hydrogens (tertiary/aromatic N) is 2. The molecule has 1 aliphatic rings. The van der Waals surface area contributed by atoms with Gasteiger partial charge in [0.15, 0.2) is 5.96 Å². The zero-order valence-corrected chi connectivity index (χ0v) is 19.0. The second-order valence-electron chi connectivity index (χ2n) is 8.39. The maximum Gasteiger partial charge on any atom is 0.407 e. The molecule has 8 nitrogen and oxygen atoms in total. The van der Waals surface area contributed by atoms with Gasteiger partial charge in [0.2, 0.25) is 0 Å². The minimum absolute atomic E-state index is 0.229. The molecule has 1 aromatic carbocycles. The molecule has 1 atom stereocenters. The molecule has 0 aliphatic carbocycles. The van der Waals surface area contributed by atoms with Crippen LogP contribution in [-0.4, -0.2) is 75.5 Å². The molecule has 168 valence electrons. The summed E-state index contributed by atoms with van der Waals surface area (Å²) >= 11 is 0. The van der Waals surface area contributed by atoms with E-state index in [1.54, 1.807) is 7.05 Å². The van der Waals surface area contributed by atoms with Crippen LogP contribution < -0.4 is 16.0 Å². The first kappa shape index (κ1) is 24.0. The molecule has 1 heterocycles. The molecular formula is C22H37N5O3. The number of aliphatic imine (C=N–C) groups is 1. The molecular weight excluding hydrogens is 382 g/mol. The molecule has 1 aliphatic heterocycles. The van der Waals surface area contributed by atoms with Crippen molar-refractivity contribution in [3.8, 4) is 0 Å². The lowest BCUT2D eigenvalue weighted by molar-refractivity contribution is 0.0170. The Morgan fingerprint density at radius 1 is 1.20 bits per heavy atom. The van der Waals surface area contributed by atoms with E-state index >= 15 is 0 Å². The van der Waals surface area contributed by atoms with Gasteiger partial charge in [0.25, 0.3) is 0 Å². The lowest BCUT2D eigenvalue weighted by Crippen LogP contribution is -2.47. The van der Waals surface area contributed by atoms with Crippen molar-refractivity contribution in [2.75, 3.05) is 53.0 Å². The van der Waals surface area contributed by atoms with Crippen molar-refractivity contribution < 1.29 is 14.3 Å². The number of aryl methyl sites for hydroxylation is 1. The SMILES string of the molecule is CN=C(NCCNC(=O)OC(C)(C)C)NCC(c1cccc(C)c1)N1CCOCC1. The first-order valence-corrected chi connectivity index (χ1v) is 10.6. The molecule has 0 bridgehead atoms. The molecule has 1 unspecified atom stereocenters. The molecule has 1 amide bonds. The number of carbonyl (C=O) groups excluding carboxylic acids is 1. The van der Waals surface area contributed by atoms with Gasteiger partial charge in [-0.2, -0.15) is 0 Å². The Hall–Kier alpha value is -2.32. The van der Waals surface area contributed by atoms with Crippen LogP contribution in [0.1, 0.15) is 37.9 Å². The fourth-order valence-corrected chi connectivity index (χ4v) is 3.30. The number of benzene rings is 1. The molecule has 1 fully saturated rings. The van der Waals surface area contributed by atoms with Gasteiger partial charge in [-0.3, -0.25) is 9.89 Å². The summed E-state index contributed by atoms with van der Waals surface area (Å²) in [4.78, 5) is 18.5.